The largest absolute Gasteiger partial charge is 0.367 e. The Morgan fingerprint density at radius 3 is 3.06 bits per heavy atom. The molecule has 0 bridgehead atoms. The molecule has 2 aromatic rings. The van der Waals surface area contributed by atoms with Gasteiger partial charge in [0.25, 0.3) is 5.91 Å². The van der Waals surface area contributed by atoms with Crippen LogP contribution >= 0.6 is 11.6 Å². The van der Waals surface area contributed by atoms with E-state index in [9.17, 15) is 4.79 Å². The number of amides is 1. The maximum atomic E-state index is 11.8. The van der Waals surface area contributed by atoms with Crippen LogP contribution in [0.1, 0.15) is 11.6 Å². The second-order valence-electron chi connectivity index (χ2n) is 3.79. The first kappa shape index (κ1) is 10.2. The average molecular weight is 249 g/mol. The van der Waals surface area contributed by atoms with Gasteiger partial charge in [-0.3, -0.25) is 9.89 Å². The highest BCUT2D eigenvalue weighted by Gasteiger charge is 2.30. The van der Waals surface area contributed by atoms with E-state index in [0.717, 1.165) is 16.9 Å². The molecule has 0 spiro atoms. The van der Waals surface area contributed by atoms with Gasteiger partial charge in [0.1, 0.15) is 6.04 Å². The lowest BCUT2D eigenvalue weighted by Gasteiger charge is -2.10. The standard InChI is InChI=1S/C11H9ClN4O/c12-6-1-2-8-9(3-6)16-11(17)10(8)15-7-4-13-14-5-7/h1-5,10,15H,(H,13,14)(H,16,17). The van der Waals surface area contributed by atoms with Gasteiger partial charge in [-0.2, -0.15) is 5.10 Å². The van der Waals surface area contributed by atoms with Crippen molar-refractivity contribution in [3.8, 4) is 0 Å². The van der Waals surface area contributed by atoms with Crippen molar-refractivity contribution in [1.29, 1.82) is 0 Å². The summed E-state index contributed by atoms with van der Waals surface area (Å²) >= 11 is 5.87. The Morgan fingerprint density at radius 2 is 2.29 bits per heavy atom. The Kier molecular flexibility index (Phi) is 2.26. The zero-order chi connectivity index (χ0) is 11.8. The smallest absolute Gasteiger partial charge is 0.251 e. The number of hydrogen-bond acceptors (Lipinski definition) is 3. The van der Waals surface area contributed by atoms with Crippen molar-refractivity contribution in [2.24, 2.45) is 0 Å². The molecule has 1 aliphatic rings. The molecule has 0 aliphatic carbocycles. The van der Waals surface area contributed by atoms with E-state index in [4.69, 9.17) is 11.6 Å². The Morgan fingerprint density at radius 1 is 1.41 bits per heavy atom. The number of fused-ring (bicyclic) bond motifs is 1. The minimum atomic E-state index is -0.403. The van der Waals surface area contributed by atoms with Crippen molar-refractivity contribution >= 4 is 28.9 Å². The van der Waals surface area contributed by atoms with Crippen molar-refractivity contribution in [2.75, 3.05) is 10.6 Å². The number of nitrogens with zero attached hydrogens (tertiary/aromatic N) is 1. The third-order valence-electron chi connectivity index (χ3n) is 2.66. The van der Waals surface area contributed by atoms with Crippen LogP contribution in [0.4, 0.5) is 11.4 Å². The van der Waals surface area contributed by atoms with E-state index in [0.29, 0.717) is 5.02 Å². The van der Waals surface area contributed by atoms with Crippen molar-refractivity contribution in [3.63, 3.8) is 0 Å². The first-order valence-electron chi connectivity index (χ1n) is 5.09. The van der Waals surface area contributed by atoms with Crippen molar-refractivity contribution < 1.29 is 4.79 Å². The van der Waals surface area contributed by atoms with Gasteiger partial charge in [-0.05, 0) is 12.1 Å². The summed E-state index contributed by atoms with van der Waals surface area (Å²) < 4.78 is 0. The number of halogens is 1. The van der Waals surface area contributed by atoms with Crippen LogP contribution in [0.25, 0.3) is 0 Å². The predicted octanol–water partition coefficient (Wildman–Crippen LogP) is 2.17. The summed E-state index contributed by atoms with van der Waals surface area (Å²) in [5.41, 5.74) is 2.41. The molecule has 1 aromatic heterocycles. The molecule has 0 saturated heterocycles. The Bertz CT molecular complexity index is 567. The Labute approximate surface area is 102 Å². The van der Waals surface area contributed by atoms with E-state index in [1.54, 1.807) is 24.5 Å². The third-order valence-corrected chi connectivity index (χ3v) is 2.89. The molecule has 2 heterocycles. The molecule has 0 fully saturated rings. The van der Waals surface area contributed by atoms with Crippen LogP contribution in [-0.2, 0) is 4.79 Å². The fourth-order valence-electron chi connectivity index (χ4n) is 1.87. The topological polar surface area (TPSA) is 69.8 Å². The van der Waals surface area contributed by atoms with E-state index in [-0.39, 0.29) is 5.91 Å². The van der Waals surface area contributed by atoms with Gasteiger partial charge in [0.2, 0.25) is 0 Å². The van der Waals surface area contributed by atoms with Crippen molar-refractivity contribution in [1.82, 2.24) is 10.2 Å². The van der Waals surface area contributed by atoms with Gasteiger partial charge < -0.3 is 10.6 Å². The highest BCUT2D eigenvalue weighted by Crippen LogP contribution is 2.34. The molecular formula is C11H9ClN4O. The van der Waals surface area contributed by atoms with E-state index in [1.807, 2.05) is 6.07 Å². The van der Waals surface area contributed by atoms with E-state index < -0.39 is 6.04 Å². The fourth-order valence-corrected chi connectivity index (χ4v) is 2.05. The quantitative estimate of drug-likeness (QED) is 0.763. The molecule has 86 valence electrons. The molecule has 3 rings (SSSR count). The van der Waals surface area contributed by atoms with Crippen LogP contribution in [0.5, 0.6) is 0 Å². The fraction of sp³-hybridized carbons (Fsp3) is 0.0909. The summed E-state index contributed by atoms with van der Waals surface area (Å²) in [6.07, 6.45) is 3.32. The van der Waals surface area contributed by atoms with Crippen LogP contribution < -0.4 is 10.6 Å². The second kappa shape index (κ2) is 3.78. The summed E-state index contributed by atoms with van der Waals surface area (Å²) in [6, 6.07) is 4.95. The lowest BCUT2D eigenvalue weighted by Crippen LogP contribution is -2.19. The number of carbonyl (C=O) groups excluding carboxylic acids is 1. The normalized spacial score (nSPS) is 17.7. The zero-order valence-electron chi connectivity index (χ0n) is 8.70. The summed E-state index contributed by atoms with van der Waals surface area (Å²) in [5.74, 6) is -0.0940. The number of hydrogen-bond donors (Lipinski definition) is 3. The molecule has 1 aliphatic heterocycles. The molecule has 0 radical (unpaired) electrons. The number of H-pyrrole nitrogens is 1. The Balaban J connectivity index is 1.94. The monoisotopic (exact) mass is 248 g/mol. The van der Waals surface area contributed by atoms with Crippen LogP contribution in [0, 0.1) is 0 Å². The van der Waals surface area contributed by atoms with Crippen LogP contribution in [0.2, 0.25) is 5.02 Å². The van der Waals surface area contributed by atoms with Gasteiger partial charge in [-0.25, -0.2) is 0 Å². The number of aromatic amines is 1. The second-order valence-corrected chi connectivity index (χ2v) is 4.22. The summed E-state index contributed by atoms with van der Waals surface area (Å²) in [6.45, 7) is 0. The molecule has 1 amide bonds. The molecule has 6 heteroatoms. The van der Waals surface area contributed by atoms with Gasteiger partial charge in [-0.15, -0.1) is 0 Å². The molecule has 5 nitrogen and oxygen atoms in total. The SMILES string of the molecule is O=C1Nc2cc(Cl)ccc2C1Nc1cn[nH]c1. The van der Waals surface area contributed by atoms with Gasteiger partial charge in [0, 0.05) is 22.5 Å². The highest BCUT2D eigenvalue weighted by molar-refractivity contribution is 6.31. The molecule has 1 unspecified atom stereocenters. The van der Waals surface area contributed by atoms with Gasteiger partial charge in [0.05, 0.1) is 11.9 Å². The summed E-state index contributed by atoms with van der Waals surface area (Å²) in [4.78, 5) is 11.8. The number of nitrogens with one attached hydrogen (secondary N) is 3. The van der Waals surface area contributed by atoms with Crippen LogP contribution in [0.15, 0.2) is 30.6 Å². The Hall–Kier alpha value is -2.01. The van der Waals surface area contributed by atoms with E-state index in [2.05, 4.69) is 20.8 Å². The molecule has 1 atom stereocenters. The van der Waals surface area contributed by atoms with E-state index >= 15 is 0 Å². The van der Waals surface area contributed by atoms with Crippen molar-refractivity contribution in [2.45, 2.75) is 6.04 Å². The maximum absolute atomic E-state index is 11.8. The molecular weight excluding hydrogens is 240 g/mol. The first-order chi connectivity index (χ1) is 8.24. The molecule has 0 saturated carbocycles. The lowest BCUT2D eigenvalue weighted by atomic mass is 10.1. The predicted molar refractivity (Wildman–Crippen MR) is 65.0 cm³/mol. The minimum absolute atomic E-state index is 0.0940. The number of carbonyl (C=O) groups is 1. The third kappa shape index (κ3) is 1.74. The lowest BCUT2D eigenvalue weighted by molar-refractivity contribution is -0.116. The number of aromatic nitrogens is 2. The zero-order valence-corrected chi connectivity index (χ0v) is 9.45. The van der Waals surface area contributed by atoms with Crippen LogP contribution in [-0.4, -0.2) is 16.1 Å². The maximum Gasteiger partial charge on any atom is 0.251 e. The number of anilines is 2. The molecule has 17 heavy (non-hydrogen) atoms. The first-order valence-corrected chi connectivity index (χ1v) is 5.47. The van der Waals surface area contributed by atoms with Gasteiger partial charge in [0.15, 0.2) is 0 Å². The summed E-state index contributed by atoms with van der Waals surface area (Å²) in [5, 5.41) is 13.0. The minimum Gasteiger partial charge on any atom is -0.367 e. The van der Waals surface area contributed by atoms with E-state index in [1.165, 1.54) is 0 Å². The number of rotatable bonds is 2. The van der Waals surface area contributed by atoms with Crippen LogP contribution in [0.3, 0.4) is 0 Å². The highest BCUT2D eigenvalue weighted by atomic mass is 35.5. The van der Waals surface area contributed by atoms with Gasteiger partial charge in [-0.1, -0.05) is 17.7 Å². The molecule has 1 aromatic carbocycles. The number of benzene rings is 1. The average Bonchev–Trinajstić information content (AvgIpc) is 2.88. The van der Waals surface area contributed by atoms with Crippen molar-refractivity contribution in [3.05, 3.63) is 41.2 Å². The molecule has 3 N–H and O–H groups in total. The summed E-state index contributed by atoms with van der Waals surface area (Å²) in [7, 11) is 0. The van der Waals surface area contributed by atoms with Gasteiger partial charge >= 0.3 is 0 Å².